The zero-order valence-corrected chi connectivity index (χ0v) is 8.21. The lowest BCUT2D eigenvalue weighted by Crippen LogP contribution is -2.52. The minimum absolute atomic E-state index is 0.160. The molecule has 1 aliphatic carbocycles. The summed E-state index contributed by atoms with van der Waals surface area (Å²) >= 11 is 0. The molecule has 0 radical (unpaired) electrons. The van der Waals surface area contributed by atoms with E-state index in [2.05, 4.69) is 6.92 Å². The van der Waals surface area contributed by atoms with Gasteiger partial charge < -0.3 is 14.6 Å². The second kappa shape index (κ2) is 3.23. The molecule has 1 saturated carbocycles. The maximum Gasteiger partial charge on any atom is 0.175 e. The number of hydrogen-bond donors (Lipinski definition) is 1. The van der Waals surface area contributed by atoms with Crippen LogP contribution in [0.25, 0.3) is 0 Å². The maximum absolute atomic E-state index is 9.42. The molecule has 2 aliphatic rings. The fourth-order valence-electron chi connectivity index (χ4n) is 2.51. The lowest BCUT2D eigenvalue weighted by Gasteiger charge is -2.46. The van der Waals surface area contributed by atoms with Crippen molar-refractivity contribution in [3.05, 3.63) is 0 Å². The highest BCUT2D eigenvalue weighted by Crippen LogP contribution is 2.48. The van der Waals surface area contributed by atoms with Gasteiger partial charge in [-0.3, -0.25) is 0 Å². The van der Waals surface area contributed by atoms with E-state index < -0.39 is 5.79 Å². The van der Waals surface area contributed by atoms with Crippen molar-refractivity contribution in [1.82, 2.24) is 0 Å². The van der Waals surface area contributed by atoms with Crippen LogP contribution in [0.5, 0.6) is 0 Å². The predicted molar refractivity (Wildman–Crippen MR) is 48.3 cm³/mol. The van der Waals surface area contributed by atoms with Crippen molar-refractivity contribution in [2.24, 2.45) is 5.41 Å². The summed E-state index contributed by atoms with van der Waals surface area (Å²) in [5.74, 6) is -0.472. The highest BCUT2D eigenvalue weighted by atomic mass is 16.7. The molecule has 1 saturated heterocycles. The van der Waals surface area contributed by atoms with Gasteiger partial charge in [-0.2, -0.15) is 0 Å². The number of aliphatic hydroxyl groups excluding tert-OH is 1. The third kappa shape index (κ3) is 1.30. The molecule has 3 heteroatoms. The van der Waals surface area contributed by atoms with E-state index in [1.807, 2.05) is 0 Å². The van der Waals surface area contributed by atoms with E-state index in [4.69, 9.17) is 9.47 Å². The minimum Gasteiger partial charge on any atom is -0.396 e. The van der Waals surface area contributed by atoms with E-state index in [0.717, 1.165) is 19.3 Å². The summed E-state index contributed by atoms with van der Waals surface area (Å²) < 4.78 is 11.4. The van der Waals surface area contributed by atoms with Crippen molar-refractivity contribution in [2.75, 3.05) is 19.8 Å². The van der Waals surface area contributed by atoms with Gasteiger partial charge in [0.05, 0.1) is 19.8 Å². The highest BCUT2D eigenvalue weighted by Gasteiger charge is 2.53. The van der Waals surface area contributed by atoms with Gasteiger partial charge in [0, 0.05) is 11.8 Å². The van der Waals surface area contributed by atoms with Crippen LogP contribution in [0.4, 0.5) is 0 Å². The van der Waals surface area contributed by atoms with Crippen molar-refractivity contribution in [2.45, 2.75) is 38.4 Å². The van der Waals surface area contributed by atoms with Crippen molar-refractivity contribution in [3.8, 4) is 0 Å². The third-order valence-corrected chi connectivity index (χ3v) is 3.51. The molecule has 13 heavy (non-hydrogen) atoms. The van der Waals surface area contributed by atoms with Gasteiger partial charge in [-0.1, -0.05) is 13.3 Å². The van der Waals surface area contributed by atoms with Crippen molar-refractivity contribution in [1.29, 1.82) is 0 Å². The predicted octanol–water partition coefficient (Wildman–Crippen LogP) is 1.30. The molecule has 0 unspecified atom stereocenters. The van der Waals surface area contributed by atoms with E-state index in [1.54, 1.807) is 0 Å². The zero-order chi connectivity index (χ0) is 9.36. The third-order valence-electron chi connectivity index (χ3n) is 3.51. The molecule has 1 atom stereocenters. The number of aliphatic hydroxyl groups is 1. The van der Waals surface area contributed by atoms with E-state index in [9.17, 15) is 5.11 Å². The molecule has 2 fully saturated rings. The number of hydrogen-bond acceptors (Lipinski definition) is 3. The summed E-state index contributed by atoms with van der Waals surface area (Å²) in [6.07, 6.45) is 4.26. The Bertz CT molecular complexity index is 187. The fraction of sp³-hybridized carbons (Fsp3) is 1.00. The van der Waals surface area contributed by atoms with Crippen LogP contribution in [0.1, 0.15) is 32.6 Å². The smallest absolute Gasteiger partial charge is 0.175 e. The standard InChI is InChI=1S/C10H18O3/c1-9(8-11)4-2-3-5-10(9)12-6-7-13-10/h11H,2-8H2,1H3/t9-/m0/s1. The Balaban J connectivity index is 2.21. The van der Waals surface area contributed by atoms with Crippen molar-refractivity contribution in [3.63, 3.8) is 0 Å². The first kappa shape index (κ1) is 9.44. The molecule has 0 aromatic heterocycles. The molecule has 0 aromatic carbocycles. The summed E-state index contributed by atoms with van der Waals surface area (Å²) in [6.45, 7) is 3.58. The van der Waals surface area contributed by atoms with Gasteiger partial charge >= 0.3 is 0 Å². The Hall–Kier alpha value is -0.120. The molecule has 3 nitrogen and oxygen atoms in total. The summed E-state index contributed by atoms with van der Waals surface area (Å²) in [4.78, 5) is 0. The Morgan fingerprint density at radius 1 is 1.15 bits per heavy atom. The average molecular weight is 186 g/mol. The molecule has 76 valence electrons. The molecule has 0 bridgehead atoms. The van der Waals surface area contributed by atoms with Crippen LogP contribution in [0.2, 0.25) is 0 Å². The van der Waals surface area contributed by atoms with Crippen molar-refractivity contribution >= 4 is 0 Å². The molecular weight excluding hydrogens is 168 g/mol. The second-order valence-electron chi connectivity index (χ2n) is 4.38. The molecular formula is C10H18O3. The molecule has 1 heterocycles. The van der Waals surface area contributed by atoms with Crippen LogP contribution in [-0.4, -0.2) is 30.7 Å². The van der Waals surface area contributed by atoms with Crippen LogP contribution in [0.3, 0.4) is 0 Å². The molecule has 1 spiro atoms. The second-order valence-corrected chi connectivity index (χ2v) is 4.38. The Morgan fingerprint density at radius 2 is 1.77 bits per heavy atom. The van der Waals surface area contributed by atoms with E-state index in [1.165, 1.54) is 6.42 Å². The lowest BCUT2D eigenvalue weighted by atomic mass is 9.71. The van der Waals surface area contributed by atoms with Crippen LogP contribution >= 0.6 is 0 Å². The molecule has 0 amide bonds. The first-order valence-corrected chi connectivity index (χ1v) is 5.11. The largest absolute Gasteiger partial charge is 0.396 e. The van der Waals surface area contributed by atoms with Gasteiger partial charge in [0.25, 0.3) is 0 Å². The van der Waals surface area contributed by atoms with Gasteiger partial charge in [0.15, 0.2) is 5.79 Å². The van der Waals surface area contributed by atoms with Gasteiger partial charge in [-0.15, -0.1) is 0 Å². The van der Waals surface area contributed by atoms with Crippen LogP contribution in [-0.2, 0) is 9.47 Å². The molecule has 2 rings (SSSR count). The van der Waals surface area contributed by atoms with Gasteiger partial charge in [0.1, 0.15) is 0 Å². The summed E-state index contributed by atoms with van der Waals surface area (Å²) in [6, 6.07) is 0. The van der Waals surface area contributed by atoms with E-state index >= 15 is 0 Å². The van der Waals surface area contributed by atoms with Crippen LogP contribution in [0.15, 0.2) is 0 Å². The summed E-state index contributed by atoms with van der Waals surface area (Å²) in [5.41, 5.74) is -0.193. The van der Waals surface area contributed by atoms with E-state index in [0.29, 0.717) is 13.2 Å². The zero-order valence-electron chi connectivity index (χ0n) is 8.21. The molecule has 1 aliphatic heterocycles. The summed E-state index contributed by atoms with van der Waals surface area (Å²) in [7, 11) is 0. The Kier molecular flexibility index (Phi) is 2.34. The van der Waals surface area contributed by atoms with E-state index in [-0.39, 0.29) is 12.0 Å². The Labute approximate surface area is 79.0 Å². The number of rotatable bonds is 1. The first-order valence-electron chi connectivity index (χ1n) is 5.11. The first-order chi connectivity index (χ1) is 6.22. The monoisotopic (exact) mass is 186 g/mol. The average Bonchev–Trinajstić information content (AvgIpc) is 2.61. The topological polar surface area (TPSA) is 38.7 Å². The molecule has 1 N–H and O–H groups in total. The SMILES string of the molecule is C[C@@]1(CO)CCCCC12OCCO2. The maximum atomic E-state index is 9.42. The Morgan fingerprint density at radius 3 is 2.38 bits per heavy atom. The lowest BCUT2D eigenvalue weighted by molar-refractivity contribution is -0.259. The molecule has 0 aromatic rings. The number of ether oxygens (including phenoxy) is 2. The van der Waals surface area contributed by atoms with Gasteiger partial charge in [-0.05, 0) is 12.8 Å². The van der Waals surface area contributed by atoms with Crippen molar-refractivity contribution < 1.29 is 14.6 Å². The van der Waals surface area contributed by atoms with Crippen LogP contribution in [0, 0.1) is 5.41 Å². The van der Waals surface area contributed by atoms with Crippen LogP contribution < -0.4 is 0 Å². The summed E-state index contributed by atoms with van der Waals surface area (Å²) in [5, 5.41) is 9.42. The fourth-order valence-corrected chi connectivity index (χ4v) is 2.51. The quantitative estimate of drug-likeness (QED) is 0.671. The van der Waals surface area contributed by atoms with Gasteiger partial charge in [-0.25, -0.2) is 0 Å². The normalized spacial score (nSPS) is 38.3. The minimum atomic E-state index is -0.472. The van der Waals surface area contributed by atoms with Gasteiger partial charge in [0.2, 0.25) is 0 Å². The highest BCUT2D eigenvalue weighted by molar-refractivity contribution is 4.95.